The van der Waals surface area contributed by atoms with Crippen LogP contribution >= 0.6 is 11.3 Å². The number of aromatic nitrogens is 2. The SMILES string of the molecule is CS(=O)(=O)n1ccc(C(=O)N[C@@H](CCOCCCC(=O)NCCCCCNc2ccc3c(c2)C(=O)N(C2CCC(=O)NC2=O)C3=O)C(=O)Nc2nc(-c3ccccc3)cs2)c1. The van der Waals surface area contributed by atoms with E-state index in [4.69, 9.17) is 4.74 Å². The van der Waals surface area contributed by atoms with Crippen molar-refractivity contribution in [2.75, 3.05) is 43.2 Å². The summed E-state index contributed by atoms with van der Waals surface area (Å²) in [6.45, 7) is 1.41. The van der Waals surface area contributed by atoms with Crippen LogP contribution in [-0.2, 0) is 33.9 Å². The summed E-state index contributed by atoms with van der Waals surface area (Å²) in [7, 11) is -3.61. The minimum atomic E-state index is -3.61. The van der Waals surface area contributed by atoms with Crippen molar-refractivity contribution >= 4 is 73.5 Å². The Labute approximate surface area is 355 Å². The number of imide groups is 2. The fourth-order valence-electron chi connectivity index (χ4n) is 6.69. The Kier molecular flexibility index (Phi) is 14.8. The smallest absolute Gasteiger partial charge is 0.262 e. The number of piperidine rings is 1. The molecule has 20 heteroatoms. The molecule has 1 saturated heterocycles. The third-order valence-corrected chi connectivity index (χ3v) is 11.7. The Morgan fingerprint density at radius 2 is 1.72 bits per heavy atom. The first kappa shape index (κ1) is 44.3. The van der Waals surface area contributed by atoms with Gasteiger partial charge in [-0.15, -0.1) is 11.3 Å². The predicted molar refractivity (Wildman–Crippen MR) is 225 cm³/mol. The van der Waals surface area contributed by atoms with E-state index in [0.29, 0.717) is 36.0 Å². The second kappa shape index (κ2) is 20.3. The van der Waals surface area contributed by atoms with Crippen LogP contribution in [0.4, 0.5) is 10.8 Å². The molecule has 0 bridgehead atoms. The Morgan fingerprint density at radius 3 is 2.48 bits per heavy atom. The van der Waals surface area contributed by atoms with E-state index in [0.717, 1.165) is 40.0 Å². The molecule has 2 aliphatic rings. The lowest BCUT2D eigenvalue weighted by Gasteiger charge is -2.27. The molecule has 4 heterocycles. The molecule has 18 nitrogen and oxygen atoms in total. The highest BCUT2D eigenvalue weighted by Crippen LogP contribution is 2.30. The Morgan fingerprint density at radius 1 is 0.951 bits per heavy atom. The molecule has 0 aliphatic carbocycles. The van der Waals surface area contributed by atoms with Crippen LogP contribution in [0.15, 0.2) is 72.4 Å². The van der Waals surface area contributed by atoms with E-state index in [1.165, 1.54) is 29.8 Å². The molecule has 1 fully saturated rings. The standard InChI is InChI=1S/C41H46N8O10S2/c1-61(57,58)48-20-16-27(24-48)36(52)44-31(37(53)47-41-45-32(25-60-41)26-9-4-2-5-10-26)17-22-59-21-8-11-34(50)43-19-7-3-6-18-42-28-12-13-29-30(23-28)40(56)49(39(29)55)33-14-15-35(51)46-38(33)54/h2,4-5,9-10,12-13,16,20,23-25,31,33,42H,3,6-8,11,14-15,17-19,21-22H2,1H3,(H,43,50)(H,44,52)(H,45,47,53)(H,46,51,54)/t31-,33?/m0/s1. The van der Waals surface area contributed by atoms with E-state index in [1.54, 1.807) is 18.2 Å². The first-order valence-corrected chi connectivity index (χ1v) is 22.5. The maximum absolute atomic E-state index is 13.4. The maximum Gasteiger partial charge on any atom is 0.262 e. The van der Waals surface area contributed by atoms with Crippen LogP contribution in [0.25, 0.3) is 11.3 Å². The van der Waals surface area contributed by atoms with Gasteiger partial charge in [0.1, 0.15) is 12.1 Å². The first-order chi connectivity index (χ1) is 29.3. The van der Waals surface area contributed by atoms with E-state index >= 15 is 0 Å². The third kappa shape index (κ3) is 11.7. The Bertz CT molecular complexity index is 2400. The molecule has 0 spiro atoms. The van der Waals surface area contributed by atoms with Crippen LogP contribution in [0, 0.1) is 0 Å². The highest BCUT2D eigenvalue weighted by Gasteiger charge is 2.44. The average Bonchev–Trinajstić information content (AvgIpc) is 3.98. The number of benzene rings is 2. The van der Waals surface area contributed by atoms with E-state index in [2.05, 4.69) is 31.6 Å². The zero-order valence-electron chi connectivity index (χ0n) is 33.3. The van der Waals surface area contributed by atoms with Crippen molar-refractivity contribution in [1.29, 1.82) is 0 Å². The molecule has 2 atom stereocenters. The Balaban J connectivity index is 0.869. The molecule has 6 rings (SSSR count). The molecule has 0 saturated carbocycles. The monoisotopic (exact) mass is 874 g/mol. The number of hydrogen-bond donors (Lipinski definition) is 5. The first-order valence-electron chi connectivity index (χ1n) is 19.7. The van der Waals surface area contributed by atoms with Crippen molar-refractivity contribution in [1.82, 2.24) is 29.8 Å². The molecule has 4 aromatic rings. The normalized spacial score (nSPS) is 15.6. The summed E-state index contributed by atoms with van der Waals surface area (Å²) < 4.78 is 30.4. The number of rotatable bonds is 21. The van der Waals surface area contributed by atoms with Gasteiger partial charge in [0, 0.05) is 68.2 Å². The zero-order chi connectivity index (χ0) is 43.5. The second-order valence-corrected chi connectivity index (χ2v) is 17.2. The van der Waals surface area contributed by atoms with Crippen LogP contribution in [0.2, 0.25) is 0 Å². The van der Waals surface area contributed by atoms with Gasteiger partial charge in [-0.05, 0) is 62.8 Å². The summed E-state index contributed by atoms with van der Waals surface area (Å²) in [5.41, 5.74) is 2.69. The van der Waals surface area contributed by atoms with Crippen LogP contribution in [0.3, 0.4) is 0 Å². The van der Waals surface area contributed by atoms with Gasteiger partial charge in [-0.2, -0.15) is 0 Å². The van der Waals surface area contributed by atoms with Crippen molar-refractivity contribution < 1.29 is 46.7 Å². The van der Waals surface area contributed by atoms with Gasteiger partial charge >= 0.3 is 0 Å². The van der Waals surface area contributed by atoms with Gasteiger partial charge in [-0.1, -0.05) is 30.3 Å². The van der Waals surface area contributed by atoms with E-state index in [1.807, 2.05) is 35.7 Å². The molecule has 2 aromatic carbocycles. The number of unbranched alkanes of at least 4 members (excludes halogenated alkanes) is 2. The lowest BCUT2D eigenvalue weighted by atomic mass is 10.0. The molecule has 7 amide bonds. The molecule has 0 radical (unpaired) electrons. The lowest BCUT2D eigenvalue weighted by Crippen LogP contribution is -2.54. The van der Waals surface area contributed by atoms with E-state index in [9.17, 15) is 42.0 Å². The number of anilines is 2. The topological polar surface area (TPSA) is 244 Å². The number of hydrogen-bond acceptors (Lipinski definition) is 13. The van der Waals surface area contributed by atoms with Crippen LogP contribution in [-0.4, -0.2) is 108 Å². The maximum atomic E-state index is 13.4. The van der Waals surface area contributed by atoms with Crippen molar-refractivity contribution in [2.45, 2.75) is 63.5 Å². The fourth-order valence-corrected chi connectivity index (χ4v) is 8.00. The number of amides is 7. The van der Waals surface area contributed by atoms with Crippen molar-refractivity contribution in [3.05, 3.63) is 89.1 Å². The molecule has 2 aliphatic heterocycles. The lowest BCUT2D eigenvalue weighted by molar-refractivity contribution is -0.136. The summed E-state index contributed by atoms with van der Waals surface area (Å²) in [5, 5.41) is 15.9. The summed E-state index contributed by atoms with van der Waals surface area (Å²) in [4.78, 5) is 94.0. The predicted octanol–water partition coefficient (Wildman–Crippen LogP) is 3.14. The minimum Gasteiger partial charge on any atom is -0.385 e. The Hall–Kier alpha value is -6.25. The van der Waals surface area contributed by atoms with Crippen LogP contribution < -0.4 is 26.6 Å². The van der Waals surface area contributed by atoms with Crippen LogP contribution in [0.1, 0.15) is 82.4 Å². The summed E-state index contributed by atoms with van der Waals surface area (Å²) in [6.07, 6.45) is 6.64. The molecule has 61 heavy (non-hydrogen) atoms. The highest BCUT2D eigenvalue weighted by atomic mass is 32.2. The van der Waals surface area contributed by atoms with Gasteiger partial charge in [0.15, 0.2) is 5.13 Å². The van der Waals surface area contributed by atoms with E-state index < -0.39 is 57.6 Å². The summed E-state index contributed by atoms with van der Waals surface area (Å²) in [6, 6.07) is 13.6. The third-order valence-electron chi connectivity index (χ3n) is 9.93. The number of nitrogens with zero attached hydrogens (tertiary/aromatic N) is 3. The molecule has 5 N–H and O–H groups in total. The number of nitrogens with one attached hydrogen (secondary N) is 5. The van der Waals surface area contributed by atoms with E-state index in [-0.39, 0.29) is 61.5 Å². The van der Waals surface area contributed by atoms with Gasteiger partial charge in [-0.25, -0.2) is 13.4 Å². The summed E-state index contributed by atoms with van der Waals surface area (Å²) in [5.74, 6) is -3.51. The number of fused-ring (bicyclic) bond motifs is 1. The van der Waals surface area contributed by atoms with Gasteiger partial charge in [0.05, 0.1) is 28.6 Å². The van der Waals surface area contributed by atoms with Crippen molar-refractivity contribution in [3.8, 4) is 11.3 Å². The van der Waals surface area contributed by atoms with Gasteiger partial charge in [-0.3, -0.25) is 47.8 Å². The second-order valence-electron chi connectivity index (χ2n) is 14.5. The highest BCUT2D eigenvalue weighted by molar-refractivity contribution is 7.89. The van der Waals surface area contributed by atoms with Crippen molar-refractivity contribution in [3.63, 3.8) is 0 Å². The molecule has 1 unspecified atom stereocenters. The minimum absolute atomic E-state index is 0.0506. The van der Waals surface area contributed by atoms with Crippen LogP contribution in [0.5, 0.6) is 0 Å². The number of carbonyl (C=O) groups is 7. The summed E-state index contributed by atoms with van der Waals surface area (Å²) >= 11 is 1.23. The number of ether oxygens (including phenoxy) is 1. The molecular formula is C41H46N8O10S2. The van der Waals surface area contributed by atoms with Gasteiger partial charge in [0.25, 0.3) is 17.7 Å². The van der Waals surface area contributed by atoms with Gasteiger partial charge in [0.2, 0.25) is 33.7 Å². The quantitative estimate of drug-likeness (QED) is 0.0599. The number of thiazole rings is 1. The zero-order valence-corrected chi connectivity index (χ0v) is 34.9. The van der Waals surface area contributed by atoms with Gasteiger partial charge < -0.3 is 26.0 Å². The average molecular weight is 875 g/mol. The molecule has 322 valence electrons. The molecular weight excluding hydrogens is 829 g/mol. The van der Waals surface area contributed by atoms with Crippen molar-refractivity contribution in [2.24, 2.45) is 0 Å². The fraction of sp³-hybridized carbons (Fsp3) is 0.366. The largest absolute Gasteiger partial charge is 0.385 e. The number of carbonyl (C=O) groups excluding carboxylic acids is 7. The molecule has 2 aromatic heterocycles.